The summed E-state index contributed by atoms with van der Waals surface area (Å²) in [6.45, 7) is 1.35. The van der Waals surface area contributed by atoms with E-state index in [1.807, 2.05) is 0 Å². The first-order valence-corrected chi connectivity index (χ1v) is 4.18. The number of amides is 1. The number of aromatic carboxylic acids is 1. The van der Waals surface area contributed by atoms with Crippen molar-refractivity contribution in [2.45, 2.75) is 6.92 Å². The number of hydrogen-bond acceptors (Lipinski definition) is 4. The maximum atomic E-state index is 10.8. The molecule has 0 unspecified atom stereocenters. The number of ether oxygens (including phenoxy) is 1. The number of aromatic amines is 1. The molecule has 1 aromatic rings. The van der Waals surface area contributed by atoms with Crippen molar-refractivity contribution in [3.05, 3.63) is 11.3 Å². The number of carbonyl (C=O) groups excluding carboxylic acids is 1. The highest BCUT2D eigenvalue weighted by Gasteiger charge is 2.16. The van der Waals surface area contributed by atoms with Crippen molar-refractivity contribution in [2.24, 2.45) is 0 Å². The minimum atomic E-state index is -1.12. The molecule has 0 aromatic carbocycles. The number of rotatable bonds is 4. The Kier molecular flexibility index (Phi) is 3.27. The van der Waals surface area contributed by atoms with Crippen LogP contribution in [0, 0.1) is 6.92 Å². The molecule has 0 spiro atoms. The Morgan fingerprint density at radius 2 is 2.27 bits per heavy atom. The van der Waals surface area contributed by atoms with E-state index in [0.29, 0.717) is 5.56 Å². The summed E-state index contributed by atoms with van der Waals surface area (Å²) in [7, 11) is 1.48. The highest BCUT2D eigenvalue weighted by molar-refractivity contribution is 5.87. The van der Waals surface area contributed by atoms with Gasteiger partial charge < -0.3 is 15.2 Å². The van der Waals surface area contributed by atoms with Crippen LogP contribution in [0.5, 0.6) is 5.88 Å². The number of H-pyrrole nitrogens is 1. The largest absolute Gasteiger partial charge is 0.477 e. The quantitative estimate of drug-likeness (QED) is 0.627. The van der Waals surface area contributed by atoms with Crippen LogP contribution in [0.25, 0.3) is 0 Å². The van der Waals surface area contributed by atoms with Gasteiger partial charge in [0, 0.05) is 12.6 Å². The lowest BCUT2D eigenvalue weighted by Gasteiger charge is -2.01. The molecule has 3 N–H and O–H groups in total. The maximum absolute atomic E-state index is 10.8. The van der Waals surface area contributed by atoms with Gasteiger partial charge in [-0.25, -0.2) is 4.79 Å². The van der Waals surface area contributed by atoms with Gasteiger partial charge in [-0.3, -0.25) is 9.89 Å². The topological polar surface area (TPSA) is 104 Å². The zero-order valence-electron chi connectivity index (χ0n) is 8.33. The summed E-state index contributed by atoms with van der Waals surface area (Å²) >= 11 is 0. The smallest absolute Gasteiger partial charge is 0.354 e. The van der Waals surface area contributed by atoms with Crippen LogP contribution in [0.1, 0.15) is 16.1 Å². The van der Waals surface area contributed by atoms with Gasteiger partial charge in [0.05, 0.1) is 0 Å². The first-order chi connectivity index (χ1) is 7.06. The first-order valence-electron chi connectivity index (χ1n) is 4.18. The van der Waals surface area contributed by atoms with E-state index in [1.54, 1.807) is 6.92 Å². The van der Waals surface area contributed by atoms with E-state index in [2.05, 4.69) is 15.5 Å². The number of carboxylic acid groups (broad SMARTS) is 1. The van der Waals surface area contributed by atoms with Crippen molar-refractivity contribution >= 4 is 11.9 Å². The van der Waals surface area contributed by atoms with Crippen molar-refractivity contribution in [1.29, 1.82) is 0 Å². The number of carbonyl (C=O) groups is 2. The molecule has 15 heavy (non-hydrogen) atoms. The third kappa shape index (κ3) is 2.46. The standard InChI is InChI=1S/C8H11N3O4/c1-4-6(8(13)14)10-11-7(4)15-3-5(12)9-2/h3H2,1-2H3,(H,9,12)(H,10,11)(H,13,14). The van der Waals surface area contributed by atoms with Gasteiger partial charge in [0.1, 0.15) is 5.69 Å². The molecule has 0 aliphatic heterocycles. The highest BCUT2D eigenvalue weighted by atomic mass is 16.5. The van der Waals surface area contributed by atoms with E-state index in [9.17, 15) is 9.59 Å². The predicted molar refractivity (Wildman–Crippen MR) is 49.8 cm³/mol. The molecular formula is C8H11N3O4. The van der Waals surface area contributed by atoms with E-state index in [0.717, 1.165) is 0 Å². The Bertz CT molecular complexity index is 385. The minimum Gasteiger partial charge on any atom is -0.477 e. The molecule has 0 fully saturated rings. The number of aromatic nitrogens is 2. The van der Waals surface area contributed by atoms with Gasteiger partial charge in [0.2, 0.25) is 5.88 Å². The normalized spacial score (nSPS) is 9.73. The SMILES string of the molecule is CNC(=O)COc1n[nH]c(C(=O)O)c1C. The molecule has 1 amide bonds. The zero-order valence-corrected chi connectivity index (χ0v) is 8.33. The third-order valence-electron chi connectivity index (χ3n) is 1.80. The second-order valence-corrected chi connectivity index (χ2v) is 2.80. The van der Waals surface area contributed by atoms with Gasteiger partial charge in [-0.1, -0.05) is 0 Å². The van der Waals surface area contributed by atoms with Crippen LogP contribution in [0.4, 0.5) is 0 Å². The van der Waals surface area contributed by atoms with Crippen molar-refractivity contribution < 1.29 is 19.4 Å². The highest BCUT2D eigenvalue weighted by Crippen LogP contribution is 2.16. The molecule has 0 saturated carbocycles. The molecule has 0 saturated heterocycles. The average molecular weight is 213 g/mol. The fourth-order valence-corrected chi connectivity index (χ4v) is 0.936. The Morgan fingerprint density at radius 1 is 1.60 bits per heavy atom. The lowest BCUT2D eigenvalue weighted by Crippen LogP contribution is -2.25. The summed E-state index contributed by atoms with van der Waals surface area (Å²) in [5.41, 5.74) is 0.327. The van der Waals surface area contributed by atoms with Gasteiger partial charge in [0.25, 0.3) is 5.91 Å². The van der Waals surface area contributed by atoms with Crippen LogP contribution in [-0.4, -0.2) is 40.8 Å². The number of carboxylic acids is 1. The van der Waals surface area contributed by atoms with E-state index >= 15 is 0 Å². The molecule has 0 aliphatic carbocycles. The average Bonchev–Trinajstić information content (AvgIpc) is 2.56. The number of hydrogen-bond donors (Lipinski definition) is 3. The predicted octanol–water partition coefficient (Wildman–Crippen LogP) is -0.459. The molecule has 0 bridgehead atoms. The Balaban J connectivity index is 2.71. The lowest BCUT2D eigenvalue weighted by atomic mass is 10.3. The van der Waals surface area contributed by atoms with Crippen molar-refractivity contribution in [1.82, 2.24) is 15.5 Å². The minimum absolute atomic E-state index is 0.0399. The summed E-state index contributed by atoms with van der Waals surface area (Å²) in [5, 5.41) is 17.0. The summed E-state index contributed by atoms with van der Waals surface area (Å²) in [5.74, 6) is -1.31. The molecule has 0 aliphatic rings. The Labute approximate surface area is 85.4 Å². The monoisotopic (exact) mass is 213 g/mol. The van der Waals surface area contributed by atoms with Crippen LogP contribution in [-0.2, 0) is 4.79 Å². The van der Waals surface area contributed by atoms with Crippen LogP contribution in [0.2, 0.25) is 0 Å². The molecule has 0 atom stereocenters. The summed E-state index contributed by atoms with van der Waals surface area (Å²) < 4.78 is 5.00. The molecule has 7 nitrogen and oxygen atoms in total. The van der Waals surface area contributed by atoms with Crippen LogP contribution >= 0.6 is 0 Å². The maximum Gasteiger partial charge on any atom is 0.354 e. The Hall–Kier alpha value is -2.05. The molecule has 7 heteroatoms. The van der Waals surface area contributed by atoms with Crippen molar-refractivity contribution in [2.75, 3.05) is 13.7 Å². The molecular weight excluding hydrogens is 202 g/mol. The lowest BCUT2D eigenvalue weighted by molar-refractivity contribution is -0.122. The molecule has 0 radical (unpaired) electrons. The second kappa shape index (κ2) is 4.45. The fourth-order valence-electron chi connectivity index (χ4n) is 0.936. The van der Waals surface area contributed by atoms with Crippen molar-refractivity contribution in [3.8, 4) is 5.88 Å². The summed E-state index contributed by atoms with van der Waals surface area (Å²) in [6.07, 6.45) is 0. The Morgan fingerprint density at radius 3 is 2.73 bits per heavy atom. The first kappa shape index (κ1) is 11.0. The van der Waals surface area contributed by atoms with Gasteiger partial charge >= 0.3 is 5.97 Å². The van der Waals surface area contributed by atoms with Gasteiger partial charge in [-0.05, 0) is 6.92 Å². The van der Waals surface area contributed by atoms with Crippen LogP contribution in [0.3, 0.4) is 0 Å². The molecule has 1 aromatic heterocycles. The summed E-state index contributed by atoms with van der Waals surface area (Å²) in [4.78, 5) is 21.5. The van der Waals surface area contributed by atoms with Crippen LogP contribution in [0.15, 0.2) is 0 Å². The van der Waals surface area contributed by atoms with Gasteiger partial charge in [0.15, 0.2) is 6.61 Å². The van der Waals surface area contributed by atoms with E-state index in [1.165, 1.54) is 7.05 Å². The van der Waals surface area contributed by atoms with Crippen LogP contribution < -0.4 is 10.1 Å². The van der Waals surface area contributed by atoms with E-state index < -0.39 is 5.97 Å². The second-order valence-electron chi connectivity index (χ2n) is 2.80. The molecule has 1 heterocycles. The van der Waals surface area contributed by atoms with Gasteiger partial charge in [-0.2, -0.15) is 0 Å². The number of nitrogens with one attached hydrogen (secondary N) is 2. The molecule has 82 valence electrons. The third-order valence-corrected chi connectivity index (χ3v) is 1.80. The summed E-state index contributed by atoms with van der Waals surface area (Å²) in [6, 6.07) is 0. The fraction of sp³-hybridized carbons (Fsp3) is 0.375. The zero-order chi connectivity index (χ0) is 11.4. The number of nitrogens with zero attached hydrogens (tertiary/aromatic N) is 1. The van der Waals surface area contributed by atoms with Gasteiger partial charge in [-0.15, -0.1) is 5.10 Å². The molecule has 1 rings (SSSR count). The van der Waals surface area contributed by atoms with E-state index in [4.69, 9.17) is 9.84 Å². The van der Waals surface area contributed by atoms with E-state index in [-0.39, 0.29) is 24.1 Å². The van der Waals surface area contributed by atoms with Crippen molar-refractivity contribution in [3.63, 3.8) is 0 Å². The number of likely N-dealkylation sites (N-methyl/N-ethyl adjacent to an activating group) is 1.